The molecule has 0 N–H and O–H groups in total. The van der Waals surface area contributed by atoms with Gasteiger partial charge in [0.25, 0.3) is 0 Å². The van der Waals surface area contributed by atoms with Gasteiger partial charge in [-0.25, -0.2) is 9.59 Å². The zero-order valence-corrected chi connectivity index (χ0v) is 9.58. The van der Waals surface area contributed by atoms with Crippen LogP contribution in [-0.4, -0.2) is 19.0 Å². The van der Waals surface area contributed by atoms with Crippen molar-refractivity contribution in [2.24, 2.45) is 0 Å². The molecule has 5 nitrogen and oxygen atoms in total. The van der Waals surface area contributed by atoms with E-state index in [0.717, 1.165) is 0 Å². The molecule has 0 bridgehead atoms. The van der Waals surface area contributed by atoms with E-state index < -0.39 is 11.9 Å². The molecule has 0 unspecified atom stereocenters. The highest BCUT2D eigenvalue weighted by Gasteiger charge is 2.17. The molecule has 5 heteroatoms. The first-order valence-electron chi connectivity index (χ1n) is 5.15. The second-order valence-corrected chi connectivity index (χ2v) is 3.35. The van der Waals surface area contributed by atoms with Gasteiger partial charge in [-0.1, -0.05) is 12.1 Å². The van der Waals surface area contributed by atoms with E-state index in [1.807, 2.05) is 0 Å². The average molecular weight is 246 g/mol. The fourth-order valence-corrected chi connectivity index (χ4v) is 1.38. The third kappa shape index (κ3) is 2.40. The average Bonchev–Trinajstić information content (AvgIpc) is 2.92. The van der Waals surface area contributed by atoms with Crippen molar-refractivity contribution in [1.29, 1.82) is 0 Å². The van der Waals surface area contributed by atoms with Gasteiger partial charge in [0.05, 0.1) is 13.4 Å². The van der Waals surface area contributed by atoms with Crippen LogP contribution in [0.15, 0.2) is 47.1 Å². The van der Waals surface area contributed by atoms with Crippen LogP contribution in [-0.2, 0) is 4.74 Å². The van der Waals surface area contributed by atoms with Crippen LogP contribution in [0.2, 0.25) is 0 Å². The highest BCUT2D eigenvalue weighted by Crippen LogP contribution is 2.20. The lowest BCUT2D eigenvalue weighted by Crippen LogP contribution is -2.11. The SMILES string of the molecule is COC(=O)c1ccccc1OC(=O)c1ccco1. The van der Waals surface area contributed by atoms with E-state index in [4.69, 9.17) is 9.15 Å². The zero-order valence-electron chi connectivity index (χ0n) is 9.58. The summed E-state index contributed by atoms with van der Waals surface area (Å²) in [6, 6.07) is 9.36. The third-order valence-electron chi connectivity index (χ3n) is 2.22. The van der Waals surface area contributed by atoms with Crippen molar-refractivity contribution in [2.45, 2.75) is 0 Å². The number of carbonyl (C=O) groups excluding carboxylic acids is 2. The lowest BCUT2D eigenvalue weighted by Gasteiger charge is -2.06. The van der Waals surface area contributed by atoms with Crippen LogP contribution in [0.25, 0.3) is 0 Å². The smallest absolute Gasteiger partial charge is 0.379 e. The highest BCUT2D eigenvalue weighted by molar-refractivity contribution is 5.95. The van der Waals surface area contributed by atoms with E-state index in [0.29, 0.717) is 0 Å². The Bertz CT molecular complexity index is 557. The summed E-state index contributed by atoms with van der Waals surface area (Å²) in [6.07, 6.45) is 1.36. The minimum atomic E-state index is -0.670. The molecule has 0 aliphatic rings. The maximum Gasteiger partial charge on any atom is 0.379 e. The molecule has 0 spiro atoms. The molecule has 0 fully saturated rings. The van der Waals surface area contributed by atoms with Crippen molar-refractivity contribution < 1.29 is 23.5 Å². The van der Waals surface area contributed by atoms with E-state index in [1.54, 1.807) is 18.2 Å². The largest absolute Gasteiger partial charge is 0.465 e. The topological polar surface area (TPSA) is 65.7 Å². The van der Waals surface area contributed by atoms with Crippen LogP contribution in [0.1, 0.15) is 20.9 Å². The van der Waals surface area contributed by atoms with Gasteiger partial charge in [0.15, 0.2) is 0 Å². The fraction of sp³-hybridized carbons (Fsp3) is 0.0769. The number of benzene rings is 1. The van der Waals surface area contributed by atoms with Crippen molar-refractivity contribution >= 4 is 11.9 Å². The maximum atomic E-state index is 11.7. The fourth-order valence-electron chi connectivity index (χ4n) is 1.38. The second-order valence-electron chi connectivity index (χ2n) is 3.35. The van der Waals surface area contributed by atoms with E-state index >= 15 is 0 Å². The lowest BCUT2D eigenvalue weighted by atomic mass is 10.2. The normalized spacial score (nSPS) is 9.83. The van der Waals surface area contributed by atoms with Crippen molar-refractivity contribution in [3.05, 3.63) is 54.0 Å². The van der Waals surface area contributed by atoms with Crippen molar-refractivity contribution in [1.82, 2.24) is 0 Å². The molecule has 2 aromatic rings. The van der Waals surface area contributed by atoms with E-state index in [-0.39, 0.29) is 17.1 Å². The minimum Gasteiger partial charge on any atom is -0.465 e. The van der Waals surface area contributed by atoms with Crippen LogP contribution in [0.5, 0.6) is 5.75 Å². The summed E-state index contributed by atoms with van der Waals surface area (Å²) in [7, 11) is 1.26. The van der Waals surface area contributed by atoms with Gasteiger partial charge in [0, 0.05) is 0 Å². The number of carbonyl (C=O) groups is 2. The molecule has 18 heavy (non-hydrogen) atoms. The monoisotopic (exact) mass is 246 g/mol. The number of hydrogen-bond donors (Lipinski definition) is 0. The molecule has 0 saturated heterocycles. The summed E-state index contributed by atoms with van der Waals surface area (Å²) in [5, 5.41) is 0. The Balaban J connectivity index is 2.24. The first kappa shape index (κ1) is 11.9. The first-order valence-corrected chi connectivity index (χ1v) is 5.15. The number of hydrogen-bond acceptors (Lipinski definition) is 5. The molecule has 1 aromatic heterocycles. The summed E-state index contributed by atoms with van der Waals surface area (Å²) in [6.45, 7) is 0. The summed E-state index contributed by atoms with van der Waals surface area (Å²) < 4.78 is 14.6. The Morgan fingerprint density at radius 3 is 2.50 bits per heavy atom. The second kappa shape index (κ2) is 5.18. The molecule has 92 valence electrons. The van der Waals surface area contributed by atoms with Gasteiger partial charge >= 0.3 is 11.9 Å². The lowest BCUT2D eigenvalue weighted by molar-refractivity contribution is 0.0591. The third-order valence-corrected chi connectivity index (χ3v) is 2.22. The number of para-hydroxylation sites is 1. The molecular weight excluding hydrogens is 236 g/mol. The number of methoxy groups -OCH3 is 1. The number of furan rings is 1. The predicted octanol–water partition coefficient (Wildman–Crippen LogP) is 2.29. The molecule has 0 atom stereocenters. The number of ether oxygens (including phenoxy) is 2. The Kier molecular flexibility index (Phi) is 3.43. The standard InChI is InChI=1S/C13H10O5/c1-16-12(14)9-5-2-3-6-10(9)18-13(15)11-7-4-8-17-11/h2-8H,1H3. The van der Waals surface area contributed by atoms with Gasteiger partial charge in [0.2, 0.25) is 5.76 Å². The van der Waals surface area contributed by atoms with Crippen molar-refractivity contribution in [3.8, 4) is 5.75 Å². The van der Waals surface area contributed by atoms with Crippen LogP contribution in [0, 0.1) is 0 Å². The highest BCUT2D eigenvalue weighted by atomic mass is 16.6. The predicted molar refractivity (Wildman–Crippen MR) is 61.4 cm³/mol. The van der Waals surface area contributed by atoms with Crippen LogP contribution < -0.4 is 4.74 Å². The Hall–Kier alpha value is -2.56. The van der Waals surface area contributed by atoms with Gasteiger partial charge in [-0.3, -0.25) is 0 Å². The zero-order chi connectivity index (χ0) is 13.0. The van der Waals surface area contributed by atoms with E-state index in [2.05, 4.69) is 4.74 Å². The molecule has 0 aliphatic carbocycles. The van der Waals surface area contributed by atoms with Crippen LogP contribution in [0.3, 0.4) is 0 Å². The van der Waals surface area contributed by atoms with Crippen molar-refractivity contribution in [3.63, 3.8) is 0 Å². The van der Waals surface area contributed by atoms with Gasteiger partial charge in [-0.15, -0.1) is 0 Å². The molecule has 0 radical (unpaired) electrons. The van der Waals surface area contributed by atoms with Crippen LogP contribution >= 0.6 is 0 Å². The summed E-state index contributed by atoms with van der Waals surface area (Å²) in [5.74, 6) is -1.05. The van der Waals surface area contributed by atoms with Crippen LogP contribution in [0.4, 0.5) is 0 Å². The maximum absolute atomic E-state index is 11.7. The molecule has 2 rings (SSSR count). The number of esters is 2. The quantitative estimate of drug-likeness (QED) is 0.614. The van der Waals surface area contributed by atoms with E-state index in [9.17, 15) is 9.59 Å². The molecule has 0 saturated carbocycles. The Labute approximate surface area is 103 Å². The number of rotatable bonds is 3. The summed E-state index contributed by atoms with van der Waals surface area (Å²) >= 11 is 0. The Morgan fingerprint density at radius 2 is 1.83 bits per heavy atom. The molecule has 0 aliphatic heterocycles. The van der Waals surface area contributed by atoms with Gasteiger partial charge < -0.3 is 13.9 Å². The molecule has 1 aromatic carbocycles. The van der Waals surface area contributed by atoms with E-state index in [1.165, 1.54) is 31.6 Å². The molecule has 1 heterocycles. The summed E-state index contributed by atoms with van der Waals surface area (Å²) in [5.41, 5.74) is 0.180. The summed E-state index contributed by atoms with van der Waals surface area (Å²) in [4.78, 5) is 23.1. The minimum absolute atomic E-state index is 0.0645. The molecular formula is C13H10O5. The van der Waals surface area contributed by atoms with Gasteiger partial charge in [-0.05, 0) is 24.3 Å². The Morgan fingerprint density at radius 1 is 1.06 bits per heavy atom. The first-order chi connectivity index (χ1) is 8.72. The van der Waals surface area contributed by atoms with Gasteiger partial charge in [-0.2, -0.15) is 0 Å². The van der Waals surface area contributed by atoms with Crippen molar-refractivity contribution in [2.75, 3.05) is 7.11 Å². The molecule has 0 amide bonds. The van der Waals surface area contributed by atoms with Gasteiger partial charge in [0.1, 0.15) is 11.3 Å².